The molecule has 1 aliphatic heterocycles. The first-order chi connectivity index (χ1) is 12.7. The van der Waals surface area contributed by atoms with Crippen LogP contribution in [0.25, 0.3) is 0 Å². The standard InChI is InChI=1S/C22H26N2O2/c25-20(15-14-18-10-4-1-5-11-18)23-21(19-12-6-2-7-13-19)22(26)24-16-8-3-9-17-24/h1-2,4-7,10-13,21H,3,8-9,14-17H2,(H,23,25)/t21-/m0/s1. The molecule has 136 valence electrons. The van der Waals surface area contributed by atoms with Gasteiger partial charge in [-0.15, -0.1) is 0 Å². The number of rotatable bonds is 6. The molecule has 1 saturated heterocycles. The van der Waals surface area contributed by atoms with Crippen molar-refractivity contribution in [2.24, 2.45) is 0 Å². The van der Waals surface area contributed by atoms with Crippen molar-refractivity contribution < 1.29 is 9.59 Å². The van der Waals surface area contributed by atoms with Gasteiger partial charge in [0, 0.05) is 19.5 Å². The van der Waals surface area contributed by atoms with E-state index in [0.29, 0.717) is 12.8 Å². The predicted molar refractivity (Wildman–Crippen MR) is 103 cm³/mol. The second kappa shape index (κ2) is 9.18. The second-order valence-electron chi connectivity index (χ2n) is 6.78. The normalized spacial score (nSPS) is 15.3. The van der Waals surface area contributed by atoms with Gasteiger partial charge < -0.3 is 10.2 Å². The lowest BCUT2D eigenvalue weighted by Gasteiger charge is -2.31. The largest absolute Gasteiger partial charge is 0.341 e. The van der Waals surface area contributed by atoms with Crippen LogP contribution in [0.3, 0.4) is 0 Å². The van der Waals surface area contributed by atoms with Crippen molar-refractivity contribution in [1.82, 2.24) is 10.2 Å². The van der Waals surface area contributed by atoms with E-state index in [0.717, 1.165) is 37.1 Å². The lowest BCUT2D eigenvalue weighted by Crippen LogP contribution is -2.45. The molecule has 0 aliphatic carbocycles. The molecule has 0 unspecified atom stereocenters. The highest BCUT2D eigenvalue weighted by Crippen LogP contribution is 2.19. The van der Waals surface area contributed by atoms with E-state index in [4.69, 9.17) is 0 Å². The fourth-order valence-electron chi connectivity index (χ4n) is 3.37. The van der Waals surface area contributed by atoms with Crippen molar-refractivity contribution in [3.05, 3.63) is 71.8 Å². The summed E-state index contributed by atoms with van der Waals surface area (Å²) < 4.78 is 0. The van der Waals surface area contributed by atoms with Crippen molar-refractivity contribution in [2.45, 2.75) is 38.1 Å². The molecular formula is C22H26N2O2. The number of likely N-dealkylation sites (tertiary alicyclic amines) is 1. The number of nitrogens with one attached hydrogen (secondary N) is 1. The highest BCUT2D eigenvalue weighted by molar-refractivity contribution is 5.88. The molecule has 1 fully saturated rings. The maximum Gasteiger partial charge on any atom is 0.249 e. The number of amides is 2. The van der Waals surface area contributed by atoms with Crippen LogP contribution in [0.1, 0.15) is 42.9 Å². The van der Waals surface area contributed by atoms with Crippen LogP contribution in [-0.2, 0) is 16.0 Å². The number of carbonyl (C=O) groups excluding carboxylic acids is 2. The van der Waals surface area contributed by atoms with Gasteiger partial charge in [-0.25, -0.2) is 0 Å². The van der Waals surface area contributed by atoms with Crippen LogP contribution in [0.5, 0.6) is 0 Å². The summed E-state index contributed by atoms with van der Waals surface area (Å²) in [6, 6.07) is 18.9. The number of piperidine rings is 1. The highest BCUT2D eigenvalue weighted by atomic mass is 16.2. The molecule has 26 heavy (non-hydrogen) atoms. The van der Waals surface area contributed by atoms with E-state index in [1.807, 2.05) is 65.6 Å². The Bertz CT molecular complexity index is 709. The van der Waals surface area contributed by atoms with Gasteiger partial charge in [0.2, 0.25) is 11.8 Å². The van der Waals surface area contributed by atoms with Gasteiger partial charge in [-0.05, 0) is 36.8 Å². The van der Waals surface area contributed by atoms with Gasteiger partial charge in [-0.3, -0.25) is 9.59 Å². The minimum Gasteiger partial charge on any atom is -0.341 e. The van der Waals surface area contributed by atoms with Crippen molar-refractivity contribution in [3.63, 3.8) is 0 Å². The zero-order valence-corrected chi connectivity index (χ0v) is 15.1. The minimum absolute atomic E-state index is 0.00367. The molecule has 1 heterocycles. The third-order valence-electron chi connectivity index (χ3n) is 4.84. The number of benzene rings is 2. The fraction of sp³-hybridized carbons (Fsp3) is 0.364. The van der Waals surface area contributed by atoms with Crippen molar-refractivity contribution in [2.75, 3.05) is 13.1 Å². The summed E-state index contributed by atoms with van der Waals surface area (Å²) in [6.45, 7) is 1.56. The molecule has 0 saturated carbocycles. The minimum atomic E-state index is -0.599. The molecule has 2 amide bonds. The van der Waals surface area contributed by atoms with Crippen LogP contribution in [0.2, 0.25) is 0 Å². The second-order valence-corrected chi connectivity index (χ2v) is 6.78. The Morgan fingerprint density at radius 2 is 1.50 bits per heavy atom. The molecule has 0 aromatic heterocycles. The Balaban J connectivity index is 1.67. The smallest absolute Gasteiger partial charge is 0.249 e. The summed E-state index contributed by atoms with van der Waals surface area (Å²) in [6.07, 6.45) is 4.29. The van der Waals surface area contributed by atoms with Crippen molar-refractivity contribution in [1.29, 1.82) is 0 Å². The topological polar surface area (TPSA) is 49.4 Å². The Morgan fingerprint density at radius 1 is 0.885 bits per heavy atom. The van der Waals surface area contributed by atoms with E-state index in [1.165, 1.54) is 6.42 Å². The molecule has 2 aromatic rings. The van der Waals surface area contributed by atoms with E-state index in [9.17, 15) is 9.59 Å². The molecule has 1 atom stereocenters. The van der Waals surface area contributed by atoms with Gasteiger partial charge in [-0.1, -0.05) is 60.7 Å². The molecule has 4 heteroatoms. The lowest BCUT2D eigenvalue weighted by atomic mass is 10.0. The lowest BCUT2D eigenvalue weighted by molar-refractivity contribution is -0.137. The average molecular weight is 350 g/mol. The molecule has 0 radical (unpaired) electrons. The Hall–Kier alpha value is -2.62. The Kier molecular flexibility index (Phi) is 6.42. The van der Waals surface area contributed by atoms with Gasteiger partial charge in [0.05, 0.1) is 0 Å². The zero-order chi connectivity index (χ0) is 18.2. The van der Waals surface area contributed by atoms with Gasteiger partial charge in [0.15, 0.2) is 0 Å². The van der Waals surface area contributed by atoms with E-state index in [1.54, 1.807) is 0 Å². The third-order valence-corrected chi connectivity index (χ3v) is 4.84. The summed E-state index contributed by atoms with van der Waals surface area (Å²) in [4.78, 5) is 27.4. The zero-order valence-electron chi connectivity index (χ0n) is 15.1. The summed E-state index contributed by atoms with van der Waals surface area (Å²) in [5.74, 6) is -0.0861. The average Bonchev–Trinajstić information content (AvgIpc) is 2.72. The maximum absolute atomic E-state index is 13.0. The first kappa shape index (κ1) is 18.2. The van der Waals surface area contributed by atoms with E-state index in [-0.39, 0.29) is 11.8 Å². The van der Waals surface area contributed by atoms with Gasteiger partial charge in [-0.2, -0.15) is 0 Å². The van der Waals surface area contributed by atoms with E-state index >= 15 is 0 Å². The van der Waals surface area contributed by atoms with E-state index < -0.39 is 6.04 Å². The van der Waals surface area contributed by atoms with Crippen LogP contribution < -0.4 is 5.32 Å². The van der Waals surface area contributed by atoms with Gasteiger partial charge in [0.25, 0.3) is 0 Å². The van der Waals surface area contributed by atoms with Crippen LogP contribution in [0.15, 0.2) is 60.7 Å². The number of carbonyl (C=O) groups is 2. The number of nitrogens with zero attached hydrogens (tertiary/aromatic N) is 1. The molecule has 0 spiro atoms. The first-order valence-corrected chi connectivity index (χ1v) is 9.41. The molecule has 0 bridgehead atoms. The van der Waals surface area contributed by atoms with E-state index in [2.05, 4.69) is 5.32 Å². The molecule has 1 aliphatic rings. The Labute approximate surface area is 155 Å². The monoisotopic (exact) mass is 350 g/mol. The van der Waals surface area contributed by atoms with Crippen molar-refractivity contribution in [3.8, 4) is 0 Å². The number of hydrogen-bond donors (Lipinski definition) is 1. The molecule has 2 aromatic carbocycles. The van der Waals surface area contributed by atoms with Crippen LogP contribution in [0, 0.1) is 0 Å². The summed E-state index contributed by atoms with van der Waals surface area (Å²) >= 11 is 0. The molecule has 3 rings (SSSR count). The predicted octanol–water partition coefficient (Wildman–Crippen LogP) is 3.49. The van der Waals surface area contributed by atoms with Crippen LogP contribution in [-0.4, -0.2) is 29.8 Å². The van der Waals surface area contributed by atoms with Gasteiger partial charge in [0.1, 0.15) is 6.04 Å². The molecule has 1 N–H and O–H groups in total. The quantitative estimate of drug-likeness (QED) is 0.867. The maximum atomic E-state index is 13.0. The first-order valence-electron chi connectivity index (χ1n) is 9.41. The highest BCUT2D eigenvalue weighted by Gasteiger charge is 2.28. The summed E-state index contributed by atoms with van der Waals surface area (Å²) in [5, 5.41) is 2.97. The van der Waals surface area contributed by atoms with Gasteiger partial charge >= 0.3 is 0 Å². The number of aryl methyl sites for hydroxylation is 1. The SMILES string of the molecule is O=C(CCc1ccccc1)N[C@H](C(=O)N1CCCCC1)c1ccccc1. The fourth-order valence-corrected chi connectivity index (χ4v) is 3.37. The molecule has 4 nitrogen and oxygen atoms in total. The number of hydrogen-bond acceptors (Lipinski definition) is 2. The van der Waals surface area contributed by atoms with Crippen LogP contribution in [0.4, 0.5) is 0 Å². The molecular weight excluding hydrogens is 324 g/mol. The summed E-state index contributed by atoms with van der Waals surface area (Å²) in [5.41, 5.74) is 1.97. The van der Waals surface area contributed by atoms with Crippen molar-refractivity contribution >= 4 is 11.8 Å². The summed E-state index contributed by atoms with van der Waals surface area (Å²) in [7, 11) is 0. The Morgan fingerprint density at radius 3 is 2.15 bits per heavy atom. The third kappa shape index (κ3) is 4.94. The van der Waals surface area contributed by atoms with Crippen LogP contribution >= 0.6 is 0 Å².